The smallest absolute Gasteiger partial charge is 0.276 e. The van der Waals surface area contributed by atoms with Gasteiger partial charge in [-0.05, 0) is 24.3 Å². The fourth-order valence-electron chi connectivity index (χ4n) is 2.47. The third kappa shape index (κ3) is 2.83. The monoisotopic (exact) mass is 322 g/mol. The normalized spacial score (nSPS) is 14.2. The lowest BCUT2D eigenvalue weighted by atomic mass is 10.1. The topological polar surface area (TPSA) is 81.4 Å². The third-order valence-electron chi connectivity index (χ3n) is 3.75. The lowest BCUT2D eigenvalue weighted by Gasteiger charge is -2.38. The highest BCUT2D eigenvalue weighted by molar-refractivity contribution is 5.93. The van der Waals surface area contributed by atoms with Crippen LogP contribution in [-0.2, 0) is 0 Å². The maximum atomic E-state index is 12.4. The molecule has 0 aromatic carbocycles. The largest absolute Gasteiger partial charge is 0.485 e. The highest BCUT2D eigenvalue weighted by Gasteiger charge is 2.34. The van der Waals surface area contributed by atoms with E-state index in [9.17, 15) is 4.79 Å². The lowest BCUT2D eigenvalue weighted by molar-refractivity contribution is 0.0169. The molecule has 120 valence electrons. The molecular weight excluding hydrogens is 308 g/mol. The van der Waals surface area contributed by atoms with Crippen molar-refractivity contribution in [3.8, 4) is 17.1 Å². The lowest BCUT2D eigenvalue weighted by Crippen LogP contribution is -2.56. The molecule has 4 heterocycles. The van der Waals surface area contributed by atoms with Crippen LogP contribution in [0.2, 0.25) is 0 Å². The van der Waals surface area contributed by atoms with Gasteiger partial charge in [-0.25, -0.2) is 0 Å². The molecule has 0 radical (unpaired) electrons. The number of likely N-dealkylation sites (tertiary alicyclic amines) is 1. The number of aromatic nitrogens is 3. The van der Waals surface area contributed by atoms with Crippen LogP contribution in [0.3, 0.4) is 0 Å². The average molecular weight is 322 g/mol. The summed E-state index contributed by atoms with van der Waals surface area (Å²) in [6.07, 6.45) is 6.66. The predicted molar refractivity (Wildman–Crippen MR) is 84.3 cm³/mol. The van der Waals surface area contributed by atoms with E-state index in [4.69, 9.17) is 9.26 Å². The van der Waals surface area contributed by atoms with Crippen molar-refractivity contribution in [1.29, 1.82) is 0 Å². The van der Waals surface area contributed by atoms with Crippen molar-refractivity contribution in [1.82, 2.24) is 20.0 Å². The van der Waals surface area contributed by atoms with Crippen molar-refractivity contribution in [3.63, 3.8) is 0 Å². The zero-order chi connectivity index (χ0) is 16.4. The van der Waals surface area contributed by atoms with Gasteiger partial charge in [0, 0.05) is 30.2 Å². The summed E-state index contributed by atoms with van der Waals surface area (Å²) in [4.78, 5) is 22.1. The van der Waals surface area contributed by atoms with E-state index < -0.39 is 0 Å². The molecule has 0 saturated carbocycles. The van der Waals surface area contributed by atoms with Gasteiger partial charge >= 0.3 is 0 Å². The Labute approximate surface area is 137 Å². The number of ether oxygens (including phenoxy) is 1. The van der Waals surface area contributed by atoms with Gasteiger partial charge in [-0.1, -0.05) is 5.16 Å². The number of rotatable bonds is 4. The van der Waals surface area contributed by atoms with Gasteiger partial charge in [-0.2, -0.15) is 0 Å². The Bertz CT molecular complexity index is 829. The Morgan fingerprint density at radius 2 is 1.96 bits per heavy atom. The Hall–Kier alpha value is -3.22. The molecule has 7 heteroatoms. The third-order valence-corrected chi connectivity index (χ3v) is 3.75. The highest BCUT2D eigenvalue weighted by atomic mass is 16.5. The summed E-state index contributed by atoms with van der Waals surface area (Å²) in [5, 5.41) is 3.86. The molecular formula is C17H14N4O3. The van der Waals surface area contributed by atoms with Gasteiger partial charge < -0.3 is 14.2 Å². The van der Waals surface area contributed by atoms with Crippen LogP contribution >= 0.6 is 0 Å². The maximum Gasteiger partial charge on any atom is 0.276 e. The van der Waals surface area contributed by atoms with E-state index in [2.05, 4.69) is 15.1 Å². The van der Waals surface area contributed by atoms with Crippen molar-refractivity contribution in [3.05, 3.63) is 60.8 Å². The van der Waals surface area contributed by atoms with Crippen LogP contribution in [0.15, 0.2) is 59.6 Å². The molecule has 24 heavy (non-hydrogen) atoms. The molecule has 1 aliphatic heterocycles. The Morgan fingerprint density at radius 1 is 1.17 bits per heavy atom. The molecule has 0 aliphatic carbocycles. The number of carbonyl (C=O) groups is 1. The van der Waals surface area contributed by atoms with Crippen molar-refractivity contribution in [2.75, 3.05) is 13.1 Å². The van der Waals surface area contributed by atoms with E-state index in [1.165, 1.54) is 0 Å². The minimum Gasteiger partial charge on any atom is -0.485 e. The predicted octanol–water partition coefficient (Wildman–Crippen LogP) is 2.03. The van der Waals surface area contributed by atoms with Crippen molar-refractivity contribution in [2.24, 2.45) is 0 Å². The molecule has 0 unspecified atom stereocenters. The van der Waals surface area contributed by atoms with Gasteiger partial charge in [0.1, 0.15) is 11.9 Å². The molecule has 0 bridgehead atoms. The molecule has 1 aliphatic rings. The first kappa shape index (κ1) is 14.4. The number of hydrogen-bond donors (Lipinski definition) is 0. The van der Waals surface area contributed by atoms with E-state index in [1.54, 1.807) is 41.8 Å². The summed E-state index contributed by atoms with van der Waals surface area (Å²) in [6.45, 7) is 1.03. The first-order chi connectivity index (χ1) is 11.8. The number of hydrogen-bond acceptors (Lipinski definition) is 6. The molecule has 1 fully saturated rings. The minimum atomic E-state index is -0.167. The van der Waals surface area contributed by atoms with Crippen molar-refractivity contribution < 1.29 is 14.1 Å². The van der Waals surface area contributed by atoms with Crippen LogP contribution in [0.5, 0.6) is 5.75 Å². The second-order valence-corrected chi connectivity index (χ2v) is 5.46. The summed E-state index contributed by atoms with van der Waals surface area (Å²) in [6, 6.07) is 8.94. The van der Waals surface area contributed by atoms with E-state index in [0.717, 1.165) is 5.56 Å². The summed E-state index contributed by atoms with van der Waals surface area (Å²) in [7, 11) is 0. The SMILES string of the molecule is O=C(c1cc(-c2cccnc2)on1)N1CC(Oc2cccnc2)C1. The van der Waals surface area contributed by atoms with Gasteiger partial charge in [0.2, 0.25) is 0 Å². The Morgan fingerprint density at radius 3 is 2.67 bits per heavy atom. The number of carbonyl (C=O) groups excluding carboxylic acids is 1. The quantitative estimate of drug-likeness (QED) is 0.731. The van der Waals surface area contributed by atoms with Gasteiger partial charge in [-0.3, -0.25) is 14.8 Å². The number of amides is 1. The first-order valence-corrected chi connectivity index (χ1v) is 7.52. The summed E-state index contributed by atoms with van der Waals surface area (Å²) >= 11 is 0. The summed E-state index contributed by atoms with van der Waals surface area (Å²) < 4.78 is 11.0. The van der Waals surface area contributed by atoms with Crippen molar-refractivity contribution >= 4 is 5.91 Å². The van der Waals surface area contributed by atoms with Crippen LogP contribution in [0.4, 0.5) is 0 Å². The van der Waals surface area contributed by atoms with E-state index in [0.29, 0.717) is 24.6 Å². The first-order valence-electron chi connectivity index (χ1n) is 7.52. The molecule has 3 aromatic rings. The standard InChI is InChI=1S/C17H14N4O3/c22-17(15-7-16(24-20-15)12-3-1-5-18-8-12)21-10-14(11-21)23-13-4-2-6-19-9-13/h1-9,14H,10-11H2. The molecule has 4 rings (SSSR count). The minimum absolute atomic E-state index is 0.0251. The number of pyridine rings is 2. The average Bonchev–Trinajstić information content (AvgIpc) is 3.09. The second kappa shape index (κ2) is 6.11. The molecule has 7 nitrogen and oxygen atoms in total. The zero-order valence-corrected chi connectivity index (χ0v) is 12.7. The molecule has 1 amide bonds. The highest BCUT2D eigenvalue weighted by Crippen LogP contribution is 2.22. The van der Waals surface area contributed by atoms with Gasteiger partial charge in [-0.15, -0.1) is 0 Å². The molecule has 3 aromatic heterocycles. The Balaban J connectivity index is 1.37. The van der Waals surface area contributed by atoms with Crippen LogP contribution in [0, 0.1) is 0 Å². The van der Waals surface area contributed by atoms with Gasteiger partial charge in [0.15, 0.2) is 11.5 Å². The fourth-order valence-corrected chi connectivity index (χ4v) is 2.47. The molecule has 0 N–H and O–H groups in total. The summed E-state index contributed by atoms with van der Waals surface area (Å²) in [5.74, 6) is 1.06. The van der Waals surface area contributed by atoms with E-state index in [-0.39, 0.29) is 17.7 Å². The van der Waals surface area contributed by atoms with Crippen LogP contribution in [0.25, 0.3) is 11.3 Å². The van der Waals surface area contributed by atoms with Crippen LogP contribution < -0.4 is 4.74 Å². The van der Waals surface area contributed by atoms with E-state index in [1.807, 2.05) is 18.2 Å². The van der Waals surface area contributed by atoms with Gasteiger partial charge in [0.25, 0.3) is 5.91 Å². The van der Waals surface area contributed by atoms with Crippen LogP contribution in [-0.4, -0.2) is 45.1 Å². The summed E-state index contributed by atoms with van der Waals surface area (Å²) in [5.41, 5.74) is 1.07. The van der Waals surface area contributed by atoms with Gasteiger partial charge in [0.05, 0.1) is 19.3 Å². The fraction of sp³-hybridized carbons (Fsp3) is 0.176. The zero-order valence-electron chi connectivity index (χ0n) is 12.7. The Kier molecular flexibility index (Phi) is 3.66. The second-order valence-electron chi connectivity index (χ2n) is 5.46. The molecule has 0 atom stereocenters. The van der Waals surface area contributed by atoms with Crippen molar-refractivity contribution in [2.45, 2.75) is 6.10 Å². The molecule has 1 saturated heterocycles. The number of nitrogens with zero attached hydrogens (tertiary/aromatic N) is 4. The maximum absolute atomic E-state index is 12.4. The molecule has 0 spiro atoms. The van der Waals surface area contributed by atoms with E-state index >= 15 is 0 Å². The van der Waals surface area contributed by atoms with Crippen LogP contribution in [0.1, 0.15) is 10.5 Å².